The van der Waals surface area contributed by atoms with Gasteiger partial charge in [-0.05, 0) is 83.5 Å². The van der Waals surface area contributed by atoms with E-state index in [9.17, 15) is 33.1 Å². The molecule has 1 aliphatic heterocycles. The molecule has 0 radical (unpaired) electrons. The third-order valence-electron chi connectivity index (χ3n) is 12.6. The number of hydrogen-bond donors (Lipinski definition) is 4. The summed E-state index contributed by atoms with van der Waals surface area (Å²) >= 11 is 0. The summed E-state index contributed by atoms with van der Waals surface area (Å²) in [7, 11) is -5.07. The molecule has 1 aliphatic rings. The van der Waals surface area contributed by atoms with E-state index in [2.05, 4.69) is 78.8 Å². The molecule has 70 heavy (non-hydrogen) atoms. The first-order valence-electron chi connectivity index (χ1n) is 28.0. The lowest BCUT2D eigenvalue weighted by molar-refractivity contribution is -0.301. The van der Waals surface area contributed by atoms with Crippen LogP contribution in [-0.4, -0.2) is 97.5 Å². The van der Waals surface area contributed by atoms with Crippen LogP contribution in [0.3, 0.4) is 0 Å². The summed E-state index contributed by atoms with van der Waals surface area (Å²) in [5.74, 6) is -0.412. The van der Waals surface area contributed by atoms with Gasteiger partial charge in [0, 0.05) is 13.0 Å². The van der Waals surface area contributed by atoms with E-state index in [-0.39, 0.29) is 19.6 Å². The Balaban J connectivity index is 2.34. The molecule has 0 spiro atoms. The number of unbranched alkanes of at least 4 members (excludes halogenated alkanes) is 26. The number of rotatable bonds is 49. The molecule has 0 saturated carbocycles. The summed E-state index contributed by atoms with van der Waals surface area (Å²) in [5, 5.41) is 30.8. The van der Waals surface area contributed by atoms with Crippen molar-refractivity contribution in [1.29, 1.82) is 0 Å². The maximum atomic E-state index is 12.9. The van der Waals surface area contributed by atoms with Crippen molar-refractivity contribution in [3.8, 4) is 0 Å². The van der Waals surface area contributed by atoms with Gasteiger partial charge in [0.25, 0.3) is 0 Å². The van der Waals surface area contributed by atoms with E-state index in [1.807, 2.05) is 0 Å². The normalized spacial score (nSPS) is 19.5. The zero-order chi connectivity index (χ0) is 51.0. The highest BCUT2D eigenvalue weighted by Gasteiger charge is 2.48. The summed E-state index contributed by atoms with van der Waals surface area (Å²) < 4.78 is 59.4. The highest BCUT2D eigenvalue weighted by Crippen LogP contribution is 2.26. The van der Waals surface area contributed by atoms with E-state index >= 15 is 0 Å². The molecule has 408 valence electrons. The van der Waals surface area contributed by atoms with E-state index < -0.39 is 59.8 Å². The van der Waals surface area contributed by atoms with E-state index in [1.54, 1.807) is 0 Å². The van der Waals surface area contributed by atoms with Gasteiger partial charge in [-0.1, -0.05) is 203 Å². The van der Waals surface area contributed by atoms with E-state index in [4.69, 9.17) is 18.9 Å². The molecule has 1 rings (SSSR count). The van der Waals surface area contributed by atoms with Crippen molar-refractivity contribution >= 4 is 16.4 Å². The average molecular weight is 1010 g/mol. The van der Waals surface area contributed by atoms with Crippen LogP contribution in [0.25, 0.3) is 0 Å². The minimum atomic E-state index is -5.07. The molecular formula is C57H102O12S. The van der Waals surface area contributed by atoms with Crippen LogP contribution in [0.5, 0.6) is 0 Å². The van der Waals surface area contributed by atoms with Gasteiger partial charge in [-0.3, -0.25) is 9.35 Å². The van der Waals surface area contributed by atoms with E-state index in [0.29, 0.717) is 13.0 Å². The summed E-state index contributed by atoms with van der Waals surface area (Å²) in [5.41, 5.74) is 0. The molecule has 6 atom stereocenters. The van der Waals surface area contributed by atoms with Crippen molar-refractivity contribution in [2.75, 3.05) is 26.4 Å². The number of esters is 1. The van der Waals surface area contributed by atoms with Gasteiger partial charge < -0.3 is 34.3 Å². The van der Waals surface area contributed by atoms with Crippen molar-refractivity contribution in [2.45, 2.75) is 269 Å². The molecule has 4 N–H and O–H groups in total. The summed E-state index contributed by atoms with van der Waals surface area (Å²) in [6.07, 6.45) is 52.5. The first-order chi connectivity index (χ1) is 34.1. The Labute approximate surface area is 427 Å². The van der Waals surface area contributed by atoms with Crippen LogP contribution in [0, 0.1) is 0 Å². The topological polar surface area (TPSA) is 178 Å². The molecule has 1 heterocycles. The van der Waals surface area contributed by atoms with Crippen molar-refractivity contribution < 1.29 is 56.2 Å². The fraction of sp³-hybridized carbons (Fsp3) is 0.807. The molecule has 0 bridgehead atoms. The van der Waals surface area contributed by atoms with Gasteiger partial charge in [-0.25, -0.2) is 4.18 Å². The Morgan fingerprint density at radius 2 is 0.943 bits per heavy atom. The first-order valence-corrected chi connectivity index (χ1v) is 29.4. The second-order valence-electron chi connectivity index (χ2n) is 19.2. The number of carbonyl (C=O) groups excluding carboxylic acids is 1. The summed E-state index contributed by atoms with van der Waals surface area (Å²) in [6.45, 7) is 3.97. The van der Waals surface area contributed by atoms with Crippen molar-refractivity contribution in [1.82, 2.24) is 0 Å². The van der Waals surface area contributed by atoms with Crippen LogP contribution >= 0.6 is 0 Å². The maximum Gasteiger partial charge on any atom is 0.397 e. The van der Waals surface area contributed by atoms with Gasteiger partial charge in [0.15, 0.2) is 6.29 Å². The molecule has 1 fully saturated rings. The lowest BCUT2D eigenvalue weighted by Gasteiger charge is -2.41. The second-order valence-corrected chi connectivity index (χ2v) is 20.2. The third kappa shape index (κ3) is 40.3. The number of ether oxygens (including phenoxy) is 4. The first kappa shape index (κ1) is 65.8. The van der Waals surface area contributed by atoms with Gasteiger partial charge in [-0.15, -0.1) is 0 Å². The average Bonchev–Trinajstić information content (AvgIpc) is 3.34. The van der Waals surface area contributed by atoms with Gasteiger partial charge in [-0.2, -0.15) is 8.42 Å². The summed E-state index contributed by atoms with van der Waals surface area (Å²) in [6, 6.07) is 0. The number of aliphatic hydroxyl groups is 3. The predicted octanol–water partition coefficient (Wildman–Crippen LogP) is 13.6. The van der Waals surface area contributed by atoms with Crippen LogP contribution in [0.1, 0.15) is 232 Å². The van der Waals surface area contributed by atoms with E-state index in [0.717, 1.165) is 77.0 Å². The molecule has 12 nitrogen and oxygen atoms in total. The van der Waals surface area contributed by atoms with Crippen LogP contribution in [0.15, 0.2) is 60.8 Å². The molecule has 6 unspecified atom stereocenters. The van der Waals surface area contributed by atoms with Crippen LogP contribution < -0.4 is 0 Å². The van der Waals surface area contributed by atoms with E-state index in [1.165, 1.54) is 128 Å². The summed E-state index contributed by atoms with van der Waals surface area (Å²) in [4.78, 5) is 12.9. The van der Waals surface area contributed by atoms with Gasteiger partial charge in [0.1, 0.15) is 30.5 Å². The predicted molar refractivity (Wildman–Crippen MR) is 285 cm³/mol. The molecule has 13 heteroatoms. The fourth-order valence-electron chi connectivity index (χ4n) is 8.36. The van der Waals surface area contributed by atoms with Crippen LogP contribution in [0.2, 0.25) is 0 Å². The smallest absolute Gasteiger partial charge is 0.397 e. The number of hydrogen-bond acceptors (Lipinski definition) is 11. The SMILES string of the molecule is CCCCCCC/C=C\C/C=C\C/C=C\CCCCCCCCC(=O)OC(COCCCCCCCCCCCC/C=C\C/C=C\CCCCCCC)COC1OC(CO)C(O)C(OS(=O)(=O)O)C1O. The number of carbonyl (C=O) groups is 1. The van der Waals surface area contributed by atoms with Gasteiger partial charge in [0.2, 0.25) is 0 Å². The third-order valence-corrected chi connectivity index (χ3v) is 13.1. The Hall–Kier alpha value is -2.20. The fourth-order valence-corrected chi connectivity index (χ4v) is 8.87. The quantitative estimate of drug-likeness (QED) is 0.0196. The lowest BCUT2D eigenvalue weighted by atomic mass is 9.99. The molecule has 0 aromatic heterocycles. The Morgan fingerprint density at radius 1 is 0.543 bits per heavy atom. The van der Waals surface area contributed by atoms with Crippen LogP contribution in [-0.2, 0) is 38.3 Å². The Kier molecular flexibility index (Phi) is 44.9. The molecule has 0 aliphatic carbocycles. The zero-order valence-electron chi connectivity index (χ0n) is 44.1. The maximum absolute atomic E-state index is 12.9. The Morgan fingerprint density at radius 3 is 1.37 bits per heavy atom. The lowest BCUT2D eigenvalue weighted by Crippen LogP contribution is -2.60. The van der Waals surface area contributed by atoms with Crippen molar-refractivity contribution in [3.05, 3.63) is 60.8 Å². The van der Waals surface area contributed by atoms with Gasteiger partial charge >= 0.3 is 16.4 Å². The minimum Gasteiger partial charge on any atom is -0.457 e. The second kappa shape index (κ2) is 47.8. The number of aliphatic hydroxyl groups excluding tert-OH is 3. The largest absolute Gasteiger partial charge is 0.457 e. The molecular weight excluding hydrogens is 909 g/mol. The standard InChI is InChI=1S/C57H102O12S/c1-3-5-7-9-11-13-15-17-19-21-23-25-27-29-31-33-35-37-39-41-43-45-47-65-49-51(50-66-57-55(61)56(69-70(62,63)64)54(60)52(48-58)68-57)67-53(59)46-44-42-40-38-36-34-32-30-28-26-24-22-20-18-16-14-12-10-8-6-4-2/h15-18,21-24,28,30,51-52,54-58,60-61H,3-14,19-20,25-27,29,31-50H2,1-2H3,(H,62,63,64)/b17-15-,18-16-,23-21-,24-22-,30-28-. The monoisotopic (exact) mass is 1010 g/mol. The number of allylic oxidation sites excluding steroid dienone is 10. The minimum absolute atomic E-state index is 0.0268. The zero-order valence-corrected chi connectivity index (χ0v) is 44.9. The highest BCUT2D eigenvalue weighted by atomic mass is 32.3. The molecule has 0 amide bonds. The van der Waals surface area contributed by atoms with Crippen LogP contribution in [0.4, 0.5) is 0 Å². The highest BCUT2D eigenvalue weighted by molar-refractivity contribution is 7.80. The van der Waals surface area contributed by atoms with Crippen molar-refractivity contribution in [2.24, 2.45) is 0 Å². The molecule has 0 aromatic rings. The molecule has 1 saturated heterocycles. The van der Waals surface area contributed by atoms with Gasteiger partial charge in [0.05, 0.1) is 19.8 Å². The van der Waals surface area contributed by atoms with Crippen molar-refractivity contribution in [3.63, 3.8) is 0 Å². The molecule has 0 aromatic carbocycles. The Bertz CT molecular complexity index is 1450.